The molecule has 0 amide bonds. The van der Waals surface area contributed by atoms with Gasteiger partial charge in [0.2, 0.25) is 0 Å². The van der Waals surface area contributed by atoms with Gasteiger partial charge in [0.1, 0.15) is 7.14 Å². The van der Waals surface area contributed by atoms with Crippen LogP contribution in [-0.2, 0) is 4.57 Å². The largest absolute Gasteiger partial charge is 0.319 e. The Bertz CT molecular complexity index is 290. The minimum Gasteiger partial charge on any atom is -0.319 e. The van der Waals surface area contributed by atoms with Crippen LogP contribution in [0.5, 0.6) is 0 Å². The van der Waals surface area contributed by atoms with E-state index in [0.29, 0.717) is 0 Å². The lowest BCUT2D eigenvalue weighted by Gasteiger charge is -2.16. The van der Waals surface area contributed by atoms with Crippen LogP contribution in [0, 0.1) is 0 Å². The van der Waals surface area contributed by atoms with Gasteiger partial charge < -0.3 is 4.57 Å². The van der Waals surface area contributed by atoms with E-state index in [-0.39, 0.29) is 5.66 Å². The molecule has 0 spiro atoms. The van der Waals surface area contributed by atoms with E-state index in [1.165, 1.54) is 0 Å². The van der Waals surface area contributed by atoms with E-state index in [1.807, 2.05) is 50.8 Å². The lowest BCUT2D eigenvalue weighted by atomic mass is 10.4. The molecule has 12 heavy (non-hydrogen) atoms. The first-order valence-corrected chi connectivity index (χ1v) is 6.40. The summed E-state index contributed by atoms with van der Waals surface area (Å²) in [5.74, 6) is 0. The second-order valence-corrected chi connectivity index (χ2v) is 6.95. The number of hydrogen-bond donors (Lipinski definition) is 0. The minimum absolute atomic E-state index is 0.236. The van der Waals surface area contributed by atoms with E-state index in [0.717, 1.165) is 5.30 Å². The van der Waals surface area contributed by atoms with Crippen LogP contribution < -0.4 is 5.30 Å². The topological polar surface area (TPSA) is 17.1 Å². The highest BCUT2D eigenvalue weighted by atomic mass is 31.2. The van der Waals surface area contributed by atoms with Gasteiger partial charge in [-0.3, -0.25) is 0 Å². The van der Waals surface area contributed by atoms with Gasteiger partial charge in [-0.15, -0.1) is 0 Å². The van der Waals surface area contributed by atoms with Crippen molar-refractivity contribution in [1.82, 2.24) is 0 Å². The van der Waals surface area contributed by atoms with Crippen molar-refractivity contribution in [3.63, 3.8) is 0 Å². The maximum atomic E-state index is 12.1. The van der Waals surface area contributed by atoms with Crippen LogP contribution in [0.2, 0.25) is 0 Å². The average Bonchev–Trinajstić information content (AvgIpc) is 2.06. The van der Waals surface area contributed by atoms with Crippen LogP contribution >= 0.6 is 7.14 Å². The molecule has 66 valence electrons. The Morgan fingerprint density at radius 3 is 2.08 bits per heavy atom. The van der Waals surface area contributed by atoms with Crippen molar-refractivity contribution < 1.29 is 4.57 Å². The fourth-order valence-electron chi connectivity index (χ4n) is 1.02. The summed E-state index contributed by atoms with van der Waals surface area (Å²) in [6.07, 6.45) is 0. The predicted octanol–water partition coefficient (Wildman–Crippen LogP) is 2.71. The predicted molar refractivity (Wildman–Crippen MR) is 54.7 cm³/mol. The van der Waals surface area contributed by atoms with Gasteiger partial charge in [0.05, 0.1) is 0 Å². The summed E-state index contributed by atoms with van der Waals surface area (Å²) in [7, 11) is -2.12. The second-order valence-electron chi connectivity index (χ2n) is 3.42. The van der Waals surface area contributed by atoms with Crippen LogP contribution in [0.1, 0.15) is 13.8 Å². The van der Waals surface area contributed by atoms with Crippen molar-refractivity contribution in [2.45, 2.75) is 19.5 Å². The molecule has 0 aliphatic heterocycles. The summed E-state index contributed by atoms with van der Waals surface area (Å²) in [5, 5.41) is 0.986. The summed E-state index contributed by atoms with van der Waals surface area (Å²) in [6, 6.07) is 9.72. The summed E-state index contributed by atoms with van der Waals surface area (Å²) in [6.45, 7) is 5.87. The van der Waals surface area contributed by atoms with Gasteiger partial charge >= 0.3 is 0 Å². The number of hydrogen-bond acceptors (Lipinski definition) is 1. The highest BCUT2D eigenvalue weighted by Gasteiger charge is 2.21. The molecule has 1 aromatic rings. The second kappa shape index (κ2) is 3.45. The van der Waals surface area contributed by atoms with Crippen LogP contribution in [0.25, 0.3) is 0 Å². The van der Waals surface area contributed by atoms with Gasteiger partial charge in [0.25, 0.3) is 0 Å². The Morgan fingerprint density at radius 1 is 1.17 bits per heavy atom. The quantitative estimate of drug-likeness (QED) is 0.643. The molecule has 1 aromatic carbocycles. The van der Waals surface area contributed by atoms with E-state index in [9.17, 15) is 4.57 Å². The monoisotopic (exact) mass is 182 g/mol. The SMILES string of the molecule is CC(C)P(C)(=O)c1ccccc1. The van der Waals surface area contributed by atoms with Crippen LogP contribution in [0.3, 0.4) is 0 Å². The fourth-order valence-corrected chi connectivity index (χ4v) is 2.38. The first kappa shape index (κ1) is 9.54. The standard InChI is InChI=1S/C10H15OP/c1-9(2)12(3,11)10-7-5-4-6-8-10/h4-9H,1-3H3. The maximum Gasteiger partial charge on any atom is 0.115 e. The molecule has 0 saturated heterocycles. The normalized spacial score (nSPS) is 16.0. The zero-order valence-electron chi connectivity index (χ0n) is 7.82. The molecule has 0 aliphatic carbocycles. The summed E-state index contributed by atoms with van der Waals surface area (Å²) in [4.78, 5) is 0. The van der Waals surface area contributed by atoms with E-state index in [4.69, 9.17) is 0 Å². The average molecular weight is 182 g/mol. The smallest absolute Gasteiger partial charge is 0.115 e. The van der Waals surface area contributed by atoms with E-state index in [1.54, 1.807) is 0 Å². The van der Waals surface area contributed by atoms with Crippen molar-refractivity contribution in [2.24, 2.45) is 0 Å². The van der Waals surface area contributed by atoms with Crippen LogP contribution in [0.15, 0.2) is 30.3 Å². The van der Waals surface area contributed by atoms with Gasteiger partial charge in [-0.2, -0.15) is 0 Å². The molecule has 1 rings (SSSR count). The third-order valence-corrected chi connectivity index (χ3v) is 5.55. The molecule has 1 unspecified atom stereocenters. The Kier molecular flexibility index (Phi) is 2.74. The van der Waals surface area contributed by atoms with Crippen molar-refractivity contribution in [2.75, 3.05) is 6.66 Å². The molecular formula is C10H15OP. The third-order valence-electron chi connectivity index (χ3n) is 2.25. The zero-order chi connectivity index (χ0) is 9.19. The molecule has 0 radical (unpaired) electrons. The van der Waals surface area contributed by atoms with Gasteiger partial charge in [0, 0.05) is 11.0 Å². The first-order chi connectivity index (χ1) is 5.55. The fraction of sp³-hybridized carbons (Fsp3) is 0.400. The zero-order valence-corrected chi connectivity index (χ0v) is 8.71. The van der Waals surface area contributed by atoms with Crippen molar-refractivity contribution >= 4 is 12.4 Å². The molecule has 0 aliphatic rings. The van der Waals surface area contributed by atoms with Gasteiger partial charge in [0.15, 0.2) is 0 Å². The molecule has 0 saturated carbocycles. The summed E-state index contributed by atoms with van der Waals surface area (Å²) >= 11 is 0. The van der Waals surface area contributed by atoms with Crippen LogP contribution in [0.4, 0.5) is 0 Å². The first-order valence-electron chi connectivity index (χ1n) is 4.18. The molecule has 0 bridgehead atoms. The molecule has 0 fully saturated rings. The highest BCUT2D eigenvalue weighted by Crippen LogP contribution is 2.44. The van der Waals surface area contributed by atoms with Crippen molar-refractivity contribution in [3.8, 4) is 0 Å². The van der Waals surface area contributed by atoms with Gasteiger partial charge in [-0.25, -0.2) is 0 Å². The highest BCUT2D eigenvalue weighted by molar-refractivity contribution is 7.71. The van der Waals surface area contributed by atoms with Gasteiger partial charge in [-0.1, -0.05) is 44.2 Å². The van der Waals surface area contributed by atoms with Crippen LogP contribution in [-0.4, -0.2) is 12.3 Å². The number of benzene rings is 1. The van der Waals surface area contributed by atoms with E-state index in [2.05, 4.69) is 0 Å². The van der Waals surface area contributed by atoms with E-state index < -0.39 is 7.14 Å². The summed E-state index contributed by atoms with van der Waals surface area (Å²) < 4.78 is 12.1. The van der Waals surface area contributed by atoms with Crippen molar-refractivity contribution in [3.05, 3.63) is 30.3 Å². The molecular weight excluding hydrogens is 167 g/mol. The molecule has 1 atom stereocenters. The molecule has 0 heterocycles. The molecule has 1 nitrogen and oxygen atoms in total. The Balaban J connectivity index is 3.07. The van der Waals surface area contributed by atoms with Gasteiger partial charge in [-0.05, 0) is 6.66 Å². The lowest BCUT2D eigenvalue weighted by molar-refractivity contribution is 0.579. The number of rotatable bonds is 2. The maximum absolute atomic E-state index is 12.1. The molecule has 0 aromatic heterocycles. The van der Waals surface area contributed by atoms with Crippen molar-refractivity contribution in [1.29, 1.82) is 0 Å². The summed E-state index contributed by atoms with van der Waals surface area (Å²) in [5.41, 5.74) is 0.236. The third kappa shape index (κ3) is 1.78. The molecule has 0 N–H and O–H groups in total. The van der Waals surface area contributed by atoms with E-state index >= 15 is 0 Å². The minimum atomic E-state index is -2.12. The Morgan fingerprint density at radius 2 is 1.67 bits per heavy atom. The molecule has 2 heteroatoms. The Hall–Kier alpha value is -0.550. The Labute approximate surface area is 74.2 Å². The lowest BCUT2D eigenvalue weighted by Crippen LogP contribution is -2.10.